The highest BCUT2D eigenvalue weighted by Gasteiger charge is 2.09. The van der Waals surface area contributed by atoms with E-state index in [0.29, 0.717) is 28.3 Å². The van der Waals surface area contributed by atoms with Crippen LogP contribution in [-0.4, -0.2) is 4.98 Å². The predicted octanol–water partition coefficient (Wildman–Crippen LogP) is 2.46. The quantitative estimate of drug-likeness (QED) is 0.851. The number of nitrogens with one attached hydrogen (secondary N) is 1. The molecule has 1 aromatic heterocycles. The van der Waals surface area contributed by atoms with Gasteiger partial charge in [0.05, 0.1) is 28.7 Å². The molecule has 0 saturated carbocycles. The van der Waals surface area contributed by atoms with Gasteiger partial charge in [0.25, 0.3) is 0 Å². The lowest BCUT2D eigenvalue weighted by Crippen LogP contribution is -2.01. The summed E-state index contributed by atoms with van der Waals surface area (Å²) in [6.45, 7) is 1.85. The van der Waals surface area contributed by atoms with Crippen LogP contribution in [0, 0.1) is 29.6 Å². The molecule has 0 atom stereocenters. The zero-order chi connectivity index (χ0) is 13.8. The lowest BCUT2D eigenvalue weighted by Gasteiger charge is -2.10. The fourth-order valence-corrected chi connectivity index (χ4v) is 1.71. The van der Waals surface area contributed by atoms with Crippen LogP contribution in [0.1, 0.15) is 16.7 Å². The van der Waals surface area contributed by atoms with E-state index in [4.69, 9.17) is 16.3 Å². The minimum atomic E-state index is 0.338. The molecule has 0 aliphatic rings. The van der Waals surface area contributed by atoms with Crippen molar-refractivity contribution in [1.29, 1.82) is 10.5 Å². The normalized spacial score (nSPS) is 9.42. The number of hydrogen-bond acceptors (Lipinski definition) is 5. The Kier molecular flexibility index (Phi) is 3.31. The smallest absolute Gasteiger partial charge is 0.148 e. The molecule has 2 rings (SSSR count). The second-order valence-corrected chi connectivity index (χ2v) is 4.01. The van der Waals surface area contributed by atoms with Gasteiger partial charge in [0.15, 0.2) is 0 Å². The Morgan fingerprint density at radius 3 is 2.74 bits per heavy atom. The fourth-order valence-electron chi connectivity index (χ4n) is 1.71. The van der Waals surface area contributed by atoms with Crippen LogP contribution >= 0.6 is 0 Å². The van der Waals surface area contributed by atoms with Gasteiger partial charge in [-0.15, -0.1) is 0 Å². The number of nitrogens with zero attached hydrogens (tertiary/aromatic N) is 3. The SMILES string of the molecule is Cc1cccc(Nc2ncc(N)cc2C#N)c1C#N. The summed E-state index contributed by atoms with van der Waals surface area (Å²) in [5.74, 6) is 0.388. The summed E-state index contributed by atoms with van der Waals surface area (Å²) >= 11 is 0. The molecule has 3 N–H and O–H groups in total. The minimum absolute atomic E-state index is 0.338. The standard InChI is InChI=1S/C14H11N5/c1-9-3-2-4-13(12(9)7-16)19-14-10(6-15)5-11(17)8-18-14/h2-5,8H,17H2,1H3,(H,18,19). The monoisotopic (exact) mass is 249 g/mol. The highest BCUT2D eigenvalue weighted by Crippen LogP contribution is 2.24. The highest BCUT2D eigenvalue weighted by atomic mass is 15.0. The van der Waals surface area contributed by atoms with E-state index in [2.05, 4.69) is 16.4 Å². The number of hydrogen-bond donors (Lipinski definition) is 2. The van der Waals surface area contributed by atoms with Gasteiger partial charge in [-0.1, -0.05) is 12.1 Å². The number of aryl methyl sites for hydroxylation is 1. The average Bonchev–Trinajstić information content (AvgIpc) is 2.41. The first-order valence-corrected chi connectivity index (χ1v) is 5.58. The molecule has 0 aliphatic heterocycles. The number of pyridine rings is 1. The maximum Gasteiger partial charge on any atom is 0.148 e. The van der Waals surface area contributed by atoms with Gasteiger partial charge >= 0.3 is 0 Å². The Morgan fingerprint density at radius 1 is 1.26 bits per heavy atom. The van der Waals surface area contributed by atoms with E-state index in [1.54, 1.807) is 6.07 Å². The number of nitriles is 2. The van der Waals surface area contributed by atoms with Crippen molar-refractivity contribution in [3.05, 3.63) is 47.2 Å². The van der Waals surface area contributed by atoms with Gasteiger partial charge in [-0.3, -0.25) is 0 Å². The third kappa shape index (κ3) is 2.46. The first-order chi connectivity index (χ1) is 9.15. The topological polar surface area (TPSA) is 98.5 Å². The van der Waals surface area contributed by atoms with Gasteiger partial charge in [0.1, 0.15) is 18.0 Å². The van der Waals surface area contributed by atoms with Gasteiger partial charge in [-0.2, -0.15) is 10.5 Å². The summed E-state index contributed by atoms with van der Waals surface area (Å²) in [6.07, 6.45) is 1.46. The Morgan fingerprint density at radius 2 is 2.05 bits per heavy atom. The molecule has 5 heteroatoms. The Bertz CT molecular complexity index is 707. The van der Waals surface area contributed by atoms with E-state index in [1.165, 1.54) is 12.3 Å². The predicted molar refractivity (Wildman–Crippen MR) is 72.5 cm³/mol. The van der Waals surface area contributed by atoms with E-state index < -0.39 is 0 Å². The molecule has 0 aliphatic carbocycles. The van der Waals surface area contributed by atoms with Crippen molar-refractivity contribution in [2.24, 2.45) is 0 Å². The van der Waals surface area contributed by atoms with E-state index in [0.717, 1.165) is 5.56 Å². The molecule has 0 fully saturated rings. The largest absolute Gasteiger partial charge is 0.397 e. The molecule has 0 amide bonds. The average molecular weight is 249 g/mol. The molecule has 1 aromatic carbocycles. The van der Waals surface area contributed by atoms with Crippen LogP contribution in [0.25, 0.3) is 0 Å². The van der Waals surface area contributed by atoms with Gasteiger partial charge in [0.2, 0.25) is 0 Å². The van der Waals surface area contributed by atoms with Crippen molar-refractivity contribution in [1.82, 2.24) is 4.98 Å². The Hall–Kier alpha value is -3.05. The molecule has 0 unspecified atom stereocenters. The van der Waals surface area contributed by atoms with Crippen LogP contribution in [0.3, 0.4) is 0 Å². The molecule has 92 valence electrons. The first-order valence-electron chi connectivity index (χ1n) is 5.58. The summed E-state index contributed by atoms with van der Waals surface area (Å²) in [7, 11) is 0. The van der Waals surface area contributed by atoms with Gasteiger partial charge in [-0.05, 0) is 24.6 Å². The van der Waals surface area contributed by atoms with E-state index >= 15 is 0 Å². The van der Waals surface area contributed by atoms with E-state index in [1.807, 2.05) is 25.1 Å². The zero-order valence-corrected chi connectivity index (χ0v) is 10.3. The fraction of sp³-hybridized carbons (Fsp3) is 0.0714. The first kappa shape index (κ1) is 12.4. The molecule has 2 aromatic rings. The molecular weight excluding hydrogens is 238 g/mol. The van der Waals surface area contributed by atoms with Crippen molar-refractivity contribution < 1.29 is 0 Å². The maximum absolute atomic E-state index is 9.15. The van der Waals surface area contributed by atoms with Crippen molar-refractivity contribution in [2.45, 2.75) is 6.92 Å². The zero-order valence-electron chi connectivity index (χ0n) is 10.3. The third-order valence-corrected chi connectivity index (χ3v) is 2.67. The molecule has 0 spiro atoms. The number of aromatic nitrogens is 1. The lowest BCUT2D eigenvalue weighted by molar-refractivity contribution is 1.28. The highest BCUT2D eigenvalue weighted by molar-refractivity contribution is 5.70. The number of nitrogen functional groups attached to an aromatic ring is 1. The summed E-state index contributed by atoms with van der Waals surface area (Å²) in [4.78, 5) is 4.08. The molecule has 0 bridgehead atoms. The van der Waals surface area contributed by atoms with Gasteiger partial charge in [-0.25, -0.2) is 4.98 Å². The van der Waals surface area contributed by atoms with Crippen molar-refractivity contribution in [3.63, 3.8) is 0 Å². The number of anilines is 3. The summed E-state index contributed by atoms with van der Waals surface area (Å²) in [6, 6.07) is 11.2. The summed E-state index contributed by atoms with van der Waals surface area (Å²) in [5.41, 5.74) is 8.36. The van der Waals surface area contributed by atoms with Crippen LogP contribution < -0.4 is 11.1 Å². The molecule has 5 nitrogen and oxygen atoms in total. The van der Waals surface area contributed by atoms with Crippen molar-refractivity contribution in [3.8, 4) is 12.1 Å². The van der Waals surface area contributed by atoms with Crippen molar-refractivity contribution >= 4 is 17.2 Å². The molecule has 0 radical (unpaired) electrons. The second kappa shape index (κ2) is 5.07. The summed E-state index contributed by atoms with van der Waals surface area (Å²) in [5, 5.41) is 21.2. The molecular formula is C14H11N5. The lowest BCUT2D eigenvalue weighted by atomic mass is 10.1. The second-order valence-electron chi connectivity index (χ2n) is 4.01. The van der Waals surface area contributed by atoms with Crippen LogP contribution in [0.5, 0.6) is 0 Å². The van der Waals surface area contributed by atoms with E-state index in [-0.39, 0.29) is 0 Å². The molecule has 0 saturated heterocycles. The summed E-state index contributed by atoms with van der Waals surface area (Å²) < 4.78 is 0. The van der Waals surface area contributed by atoms with Crippen LogP contribution in [-0.2, 0) is 0 Å². The van der Waals surface area contributed by atoms with Gasteiger partial charge in [0, 0.05) is 0 Å². The van der Waals surface area contributed by atoms with Crippen LogP contribution in [0.15, 0.2) is 30.5 Å². The number of nitrogens with two attached hydrogens (primary N) is 1. The van der Waals surface area contributed by atoms with Crippen molar-refractivity contribution in [2.75, 3.05) is 11.1 Å². The third-order valence-electron chi connectivity index (χ3n) is 2.67. The minimum Gasteiger partial charge on any atom is -0.397 e. The number of benzene rings is 1. The Balaban J connectivity index is 2.46. The van der Waals surface area contributed by atoms with Gasteiger partial charge < -0.3 is 11.1 Å². The number of rotatable bonds is 2. The van der Waals surface area contributed by atoms with E-state index in [9.17, 15) is 0 Å². The molecule has 1 heterocycles. The molecule has 19 heavy (non-hydrogen) atoms. The maximum atomic E-state index is 9.15. The van der Waals surface area contributed by atoms with Crippen LogP contribution in [0.2, 0.25) is 0 Å². The van der Waals surface area contributed by atoms with Crippen LogP contribution in [0.4, 0.5) is 17.2 Å². The Labute approximate surface area is 110 Å².